The molecule has 1 atom stereocenters. The van der Waals surface area contributed by atoms with E-state index in [4.69, 9.17) is 12.6 Å². The molecule has 1 unspecified atom stereocenters. The van der Waals surface area contributed by atoms with Crippen molar-refractivity contribution in [3.05, 3.63) is 29.7 Å². The van der Waals surface area contributed by atoms with E-state index in [0.717, 1.165) is 16.5 Å². The fourth-order valence-electron chi connectivity index (χ4n) is 2.40. The Morgan fingerprint density at radius 3 is 2.43 bits per heavy atom. The first-order chi connectivity index (χ1) is 9.62. The normalized spacial score (nSPS) is 15.7. The van der Waals surface area contributed by atoms with Crippen LogP contribution in [0.1, 0.15) is 33.3 Å². The minimum absolute atomic E-state index is 0.182. The summed E-state index contributed by atoms with van der Waals surface area (Å²) >= 11 is 4.86. The van der Waals surface area contributed by atoms with Crippen molar-refractivity contribution < 1.29 is 4.39 Å². The van der Waals surface area contributed by atoms with Gasteiger partial charge < -0.3 is 4.90 Å². The van der Waals surface area contributed by atoms with Gasteiger partial charge >= 0.3 is 0 Å². The zero-order chi connectivity index (χ0) is 16.0. The highest BCUT2D eigenvalue weighted by molar-refractivity contribution is 7.81. The number of rotatable bonds is 4. The van der Waals surface area contributed by atoms with Crippen LogP contribution in [0.25, 0.3) is 10.9 Å². The van der Waals surface area contributed by atoms with Crippen LogP contribution in [0.3, 0.4) is 0 Å². The predicted molar refractivity (Wildman–Crippen MR) is 89.5 cm³/mol. The first-order valence-electron chi connectivity index (χ1n) is 7.19. The van der Waals surface area contributed by atoms with Crippen LogP contribution >= 0.6 is 12.6 Å². The quantitative estimate of drug-likeness (QED) is 0.870. The Balaban J connectivity index is 2.65. The van der Waals surface area contributed by atoms with Crippen LogP contribution in [0, 0.1) is 5.82 Å². The minimum atomic E-state index is -0.585. The summed E-state index contributed by atoms with van der Waals surface area (Å²) in [5.74, 6) is -0.182. The number of likely N-dealkylation sites (N-methyl/N-ethyl adjacent to an activating group) is 1. The van der Waals surface area contributed by atoms with Gasteiger partial charge in [-0.25, -0.2) is 9.07 Å². The highest BCUT2D eigenvalue weighted by atomic mass is 32.1. The van der Waals surface area contributed by atoms with Gasteiger partial charge in [0.15, 0.2) is 0 Å². The lowest BCUT2D eigenvalue weighted by Gasteiger charge is -2.45. The molecule has 1 aromatic carbocycles. The number of benzene rings is 1. The van der Waals surface area contributed by atoms with E-state index in [2.05, 4.69) is 23.8 Å². The van der Waals surface area contributed by atoms with E-state index in [1.165, 1.54) is 0 Å². The Labute approximate surface area is 131 Å². The van der Waals surface area contributed by atoms with Gasteiger partial charge in [0.05, 0.1) is 11.7 Å². The van der Waals surface area contributed by atoms with Crippen molar-refractivity contribution in [2.75, 3.05) is 14.1 Å². The van der Waals surface area contributed by atoms with Gasteiger partial charge in [0.1, 0.15) is 10.7 Å². The highest BCUT2D eigenvalue weighted by Crippen LogP contribution is 2.38. The molecule has 0 saturated carbocycles. The molecule has 1 heterocycles. The SMILES string of the molecule is CCc1cc2cnn(C(C)(S)C(C)(C)N(C)C)c2cc1F. The predicted octanol–water partition coefficient (Wildman–Crippen LogP) is 3.68. The topological polar surface area (TPSA) is 21.1 Å². The van der Waals surface area contributed by atoms with Gasteiger partial charge in [-0.15, -0.1) is 12.6 Å². The molecule has 5 heteroatoms. The molecule has 0 saturated heterocycles. The van der Waals surface area contributed by atoms with Crippen molar-refractivity contribution in [1.82, 2.24) is 14.7 Å². The molecule has 0 fully saturated rings. The van der Waals surface area contributed by atoms with Crippen molar-refractivity contribution in [3.63, 3.8) is 0 Å². The van der Waals surface area contributed by atoms with Crippen LogP contribution in [-0.2, 0) is 11.3 Å². The number of hydrogen-bond donors (Lipinski definition) is 1. The molecule has 0 amide bonds. The summed E-state index contributed by atoms with van der Waals surface area (Å²) in [6, 6.07) is 3.45. The van der Waals surface area contributed by atoms with E-state index in [0.29, 0.717) is 6.42 Å². The van der Waals surface area contributed by atoms with Gasteiger partial charge in [0.2, 0.25) is 0 Å². The van der Waals surface area contributed by atoms with E-state index in [-0.39, 0.29) is 11.4 Å². The zero-order valence-corrected chi connectivity index (χ0v) is 14.5. The second kappa shape index (κ2) is 5.29. The van der Waals surface area contributed by atoms with Crippen LogP contribution in [0.2, 0.25) is 0 Å². The summed E-state index contributed by atoms with van der Waals surface area (Å²) in [6.07, 6.45) is 2.46. The van der Waals surface area contributed by atoms with E-state index in [9.17, 15) is 4.39 Å². The highest BCUT2D eigenvalue weighted by Gasteiger charge is 2.43. The number of hydrogen-bond acceptors (Lipinski definition) is 3. The summed E-state index contributed by atoms with van der Waals surface area (Å²) in [4.78, 5) is 1.52. The summed E-state index contributed by atoms with van der Waals surface area (Å²) < 4.78 is 16.0. The lowest BCUT2D eigenvalue weighted by atomic mass is 9.93. The number of aromatic nitrogens is 2. The van der Waals surface area contributed by atoms with Gasteiger partial charge in [0, 0.05) is 17.0 Å². The molecule has 2 rings (SSSR count). The zero-order valence-electron chi connectivity index (χ0n) is 13.6. The van der Waals surface area contributed by atoms with E-state index < -0.39 is 4.87 Å². The molecule has 0 spiro atoms. The number of thiol groups is 1. The summed E-state index contributed by atoms with van der Waals surface area (Å²) in [6.45, 7) is 8.16. The van der Waals surface area contributed by atoms with Crippen molar-refractivity contribution in [3.8, 4) is 0 Å². The van der Waals surface area contributed by atoms with Gasteiger partial charge in [-0.3, -0.25) is 0 Å². The molecule has 0 aliphatic heterocycles. The van der Waals surface area contributed by atoms with Crippen molar-refractivity contribution in [2.24, 2.45) is 0 Å². The van der Waals surface area contributed by atoms with Gasteiger partial charge in [-0.1, -0.05) is 6.92 Å². The number of halogens is 1. The number of nitrogens with zero attached hydrogens (tertiary/aromatic N) is 3. The van der Waals surface area contributed by atoms with Crippen LogP contribution < -0.4 is 0 Å². The Kier molecular flexibility index (Phi) is 4.10. The average Bonchev–Trinajstić information content (AvgIpc) is 2.80. The Morgan fingerprint density at radius 1 is 1.29 bits per heavy atom. The van der Waals surface area contributed by atoms with E-state index >= 15 is 0 Å². The molecule has 0 bridgehead atoms. The fourth-order valence-corrected chi connectivity index (χ4v) is 2.76. The summed E-state index contributed by atoms with van der Waals surface area (Å²) in [5, 5.41) is 5.43. The molecule has 21 heavy (non-hydrogen) atoms. The second-order valence-corrected chi connectivity index (χ2v) is 7.26. The Morgan fingerprint density at radius 2 is 1.90 bits per heavy atom. The minimum Gasteiger partial charge on any atom is -0.301 e. The monoisotopic (exact) mass is 309 g/mol. The molecule has 0 aliphatic rings. The Hall–Kier alpha value is -1.07. The molecule has 0 N–H and O–H groups in total. The average molecular weight is 309 g/mol. The van der Waals surface area contributed by atoms with Crippen molar-refractivity contribution >= 4 is 23.5 Å². The molecule has 116 valence electrons. The molecule has 0 aliphatic carbocycles. The number of aryl methyl sites for hydroxylation is 1. The van der Waals surface area contributed by atoms with Crippen LogP contribution in [0.5, 0.6) is 0 Å². The van der Waals surface area contributed by atoms with Crippen LogP contribution in [-0.4, -0.2) is 34.3 Å². The molecule has 0 radical (unpaired) electrons. The maximum atomic E-state index is 14.1. The number of fused-ring (bicyclic) bond motifs is 1. The lowest BCUT2D eigenvalue weighted by Crippen LogP contribution is -2.55. The summed E-state index contributed by atoms with van der Waals surface area (Å²) in [5.41, 5.74) is 1.22. The van der Waals surface area contributed by atoms with Gasteiger partial charge in [-0.2, -0.15) is 5.10 Å². The third-order valence-electron chi connectivity index (χ3n) is 4.81. The van der Waals surface area contributed by atoms with E-state index in [1.807, 2.05) is 38.7 Å². The van der Waals surface area contributed by atoms with Crippen molar-refractivity contribution in [1.29, 1.82) is 0 Å². The largest absolute Gasteiger partial charge is 0.301 e. The molecular formula is C16H24FN3S. The smallest absolute Gasteiger partial charge is 0.128 e. The lowest BCUT2D eigenvalue weighted by molar-refractivity contribution is 0.104. The maximum Gasteiger partial charge on any atom is 0.128 e. The first-order valence-corrected chi connectivity index (χ1v) is 7.64. The van der Waals surface area contributed by atoms with Gasteiger partial charge in [-0.05, 0) is 52.9 Å². The Bertz CT molecular complexity index is 659. The summed E-state index contributed by atoms with van der Waals surface area (Å²) in [7, 11) is 4.02. The molecule has 2 aromatic rings. The molecule has 3 nitrogen and oxygen atoms in total. The third kappa shape index (κ3) is 2.46. The molecule has 1 aromatic heterocycles. The van der Waals surface area contributed by atoms with Crippen LogP contribution in [0.4, 0.5) is 4.39 Å². The standard InChI is InChI=1S/C16H24FN3S/c1-7-11-8-12-10-18-20(14(12)9-13(11)17)16(4,21)15(2,3)19(5)6/h8-10,21H,7H2,1-6H3. The fraction of sp³-hybridized carbons (Fsp3) is 0.562. The maximum absolute atomic E-state index is 14.1. The van der Waals surface area contributed by atoms with Gasteiger partial charge in [0.25, 0.3) is 0 Å². The van der Waals surface area contributed by atoms with E-state index in [1.54, 1.807) is 12.3 Å². The molecular weight excluding hydrogens is 285 g/mol. The first kappa shape index (κ1) is 16.3. The van der Waals surface area contributed by atoms with Crippen LogP contribution in [0.15, 0.2) is 18.3 Å². The van der Waals surface area contributed by atoms with Crippen molar-refractivity contribution in [2.45, 2.75) is 44.5 Å². The third-order valence-corrected chi connectivity index (χ3v) is 5.54. The second-order valence-electron chi connectivity index (χ2n) is 6.39.